The molecule has 5 heteroatoms. The number of rotatable bonds is 9. The third kappa shape index (κ3) is 5.80. The Hall–Kier alpha value is -1.59. The molecule has 0 saturated heterocycles. The Bertz CT molecular complexity index is 510. The number of hydrogen-bond donors (Lipinski definition) is 4. The summed E-state index contributed by atoms with van der Waals surface area (Å²) in [7, 11) is 0. The van der Waals surface area contributed by atoms with Crippen LogP contribution in [0.15, 0.2) is 24.3 Å². The number of aliphatic hydroxyl groups is 1. The van der Waals surface area contributed by atoms with Crippen LogP contribution in [0.25, 0.3) is 0 Å². The van der Waals surface area contributed by atoms with Gasteiger partial charge in [-0.25, -0.2) is 4.79 Å². The minimum atomic E-state index is -0.311. The lowest BCUT2D eigenvalue weighted by Gasteiger charge is -2.23. The molecule has 0 bridgehead atoms. The molecule has 1 saturated carbocycles. The van der Waals surface area contributed by atoms with E-state index in [0.717, 1.165) is 36.9 Å². The number of urea groups is 1. The second-order valence-corrected chi connectivity index (χ2v) is 6.77. The molecule has 2 unspecified atom stereocenters. The first-order valence-corrected chi connectivity index (χ1v) is 9.12. The maximum atomic E-state index is 11.7. The van der Waals surface area contributed by atoms with Crippen LogP contribution in [0.3, 0.4) is 0 Å². The summed E-state index contributed by atoms with van der Waals surface area (Å²) in [5.74, 6) is 0.348. The van der Waals surface area contributed by atoms with Crippen LogP contribution in [0.1, 0.15) is 58.1 Å². The van der Waals surface area contributed by atoms with Crippen LogP contribution in [0.4, 0.5) is 10.5 Å². The molecule has 134 valence electrons. The Balaban J connectivity index is 1.79. The van der Waals surface area contributed by atoms with E-state index in [1.54, 1.807) is 0 Å². The number of carbonyl (C=O) groups is 1. The van der Waals surface area contributed by atoms with Crippen molar-refractivity contribution in [1.82, 2.24) is 10.6 Å². The lowest BCUT2D eigenvalue weighted by atomic mass is 9.96. The third-order valence-electron chi connectivity index (χ3n) is 4.81. The number of carbonyl (C=O) groups excluding carboxylic acids is 1. The Labute approximate surface area is 145 Å². The minimum absolute atomic E-state index is 0.135. The van der Waals surface area contributed by atoms with Crippen LogP contribution < -0.4 is 16.0 Å². The first kappa shape index (κ1) is 18.7. The summed E-state index contributed by atoms with van der Waals surface area (Å²) in [5, 5.41) is 19.4. The van der Waals surface area contributed by atoms with Crippen LogP contribution >= 0.6 is 0 Å². The largest absolute Gasteiger partial charge is 0.392 e. The van der Waals surface area contributed by atoms with Gasteiger partial charge in [0.1, 0.15) is 0 Å². The quantitative estimate of drug-likeness (QED) is 0.559. The van der Waals surface area contributed by atoms with Gasteiger partial charge in [-0.05, 0) is 43.4 Å². The molecule has 2 amide bonds. The van der Waals surface area contributed by atoms with Crippen LogP contribution in [-0.2, 0) is 0 Å². The average Bonchev–Trinajstić information content (AvgIpc) is 3.38. The standard InChI is InChI=1S/C19H31N3O2/c1-4-14(5-2)18(23)12-20-13(3)15-6-8-16(9-7-15)21-19(24)22-17-10-11-17/h6-9,13-14,17-18,20,23H,4-5,10-12H2,1-3H3,(H2,21,22,24). The molecule has 0 radical (unpaired) electrons. The summed E-state index contributed by atoms with van der Waals surface area (Å²) < 4.78 is 0. The molecular weight excluding hydrogens is 302 g/mol. The van der Waals surface area contributed by atoms with Gasteiger partial charge in [-0.15, -0.1) is 0 Å². The molecule has 0 aliphatic heterocycles. The van der Waals surface area contributed by atoms with Crippen LogP contribution in [0.5, 0.6) is 0 Å². The first-order valence-electron chi connectivity index (χ1n) is 9.12. The van der Waals surface area contributed by atoms with Crippen molar-refractivity contribution < 1.29 is 9.90 Å². The van der Waals surface area contributed by atoms with Gasteiger partial charge < -0.3 is 21.1 Å². The SMILES string of the molecule is CCC(CC)C(O)CNC(C)c1ccc(NC(=O)NC2CC2)cc1. The highest BCUT2D eigenvalue weighted by molar-refractivity contribution is 5.89. The van der Waals surface area contributed by atoms with Crippen molar-refractivity contribution in [3.8, 4) is 0 Å². The molecule has 0 spiro atoms. The second-order valence-electron chi connectivity index (χ2n) is 6.77. The Morgan fingerprint density at radius 2 is 1.83 bits per heavy atom. The molecule has 2 rings (SSSR count). The van der Waals surface area contributed by atoms with Gasteiger partial charge in [-0.1, -0.05) is 38.8 Å². The van der Waals surface area contributed by atoms with E-state index in [9.17, 15) is 9.90 Å². The minimum Gasteiger partial charge on any atom is -0.392 e. The highest BCUT2D eigenvalue weighted by Crippen LogP contribution is 2.20. The molecule has 5 nitrogen and oxygen atoms in total. The zero-order valence-electron chi connectivity index (χ0n) is 15.0. The van der Waals surface area contributed by atoms with Gasteiger partial charge in [0.15, 0.2) is 0 Å². The molecule has 0 aromatic heterocycles. The monoisotopic (exact) mass is 333 g/mol. The van der Waals surface area contributed by atoms with Crippen molar-refractivity contribution in [2.24, 2.45) is 5.92 Å². The molecule has 1 aliphatic carbocycles. The van der Waals surface area contributed by atoms with Gasteiger partial charge in [-0.3, -0.25) is 0 Å². The summed E-state index contributed by atoms with van der Waals surface area (Å²) >= 11 is 0. The maximum absolute atomic E-state index is 11.7. The van der Waals surface area contributed by atoms with Crippen molar-refractivity contribution in [3.63, 3.8) is 0 Å². The van der Waals surface area contributed by atoms with Gasteiger partial charge in [0.25, 0.3) is 0 Å². The Morgan fingerprint density at radius 3 is 2.38 bits per heavy atom. The number of nitrogens with one attached hydrogen (secondary N) is 3. The molecule has 24 heavy (non-hydrogen) atoms. The molecule has 1 aromatic carbocycles. The fourth-order valence-corrected chi connectivity index (χ4v) is 2.85. The van der Waals surface area contributed by atoms with Gasteiger partial charge in [0.2, 0.25) is 0 Å². The third-order valence-corrected chi connectivity index (χ3v) is 4.81. The van der Waals surface area contributed by atoms with Gasteiger partial charge in [-0.2, -0.15) is 0 Å². The molecular formula is C19H31N3O2. The van der Waals surface area contributed by atoms with E-state index in [0.29, 0.717) is 18.5 Å². The van der Waals surface area contributed by atoms with Crippen molar-refractivity contribution in [3.05, 3.63) is 29.8 Å². The van der Waals surface area contributed by atoms with E-state index >= 15 is 0 Å². The van der Waals surface area contributed by atoms with Gasteiger partial charge in [0.05, 0.1) is 6.10 Å². The molecule has 2 atom stereocenters. The van der Waals surface area contributed by atoms with E-state index in [-0.39, 0.29) is 18.2 Å². The highest BCUT2D eigenvalue weighted by Gasteiger charge is 2.23. The summed E-state index contributed by atoms with van der Waals surface area (Å²) in [5.41, 5.74) is 1.93. The summed E-state index contributed by atoms with van der Waals surface area (Å²) in [6.07, 6.45) is 3.85. The van der Waals surface area contributed by atoms with E-state index in [1.165, 1.54) is 0 Å². The number of hydrogen-bond acceptors (Lipinski definition) is 3. The fraction of sp³-hybridized carbons (Fsp3) is 0.632. The second kappa shape index (κ2) is 9.04. The smallest absolute Gasteiger partial charge is 0.319 e. The maximum Gasteiger partial charge on any atom is 0.319 e. The predicted octanol–water partition coefficient (Wildman–Crippen LogP) is 3.42. The van der Waals surface area contributed by atoms with E-state index in [4.69, 9.17) is 0 Å². The van der Waals surface area contributed by atoms with Crippen LogP contribution in [0.2, 0.25) is 0 Å². The topological polar surface area (TPSA) is 73.4 Å². The number of aliphatic hydroxyl groups excluding tert-OH is 1. The van der Waals surface area contributed by atoms with E-state index in [2.05, 4.69) is 36.7 Å². The van der Waals surface area contributed by atoms with Crippen molar-refractivity contribution in [2.75, 3.05) is 11.9 Å². The zero-order chi connectivity index (χ0) is 17.5. The summed E-state index contributed by atoms with van der Waals surface area (Å²) in [6.45, 7) is 6.91. The first-order chi connectivity index (χ1) is 11.5. The molecule has 0 heterocycles. The van der Waals surface area contributed by atoms with E-state index in [1.807, 2.05) is 24.3 Å². The fourth-order valence-electron chi connectivity index (χ4n) is 2.85. The summed E-state index contributed by atoms with van der Waals surface area (Å²) in [4.78, 5) is 11.7. The number of anilines is 1. The van der Waals surface area contributed by atoms with Gasteiger partial charge >= 0.3 is 6.03 Å². The highest BCUT2D eigenvalue weighted by atomic mass is 16.3. The predicted molar refractivity (Wildman–Crippen MR) is 98.1 cm³/mol. The molecule has 1 aromatic rings. The lowest BCUT2D eigenvalue weighted by Crippen LogP contribution is -2.34. The van der Waals surface area contributed by atoms with Gasteiger partial charge in [0, 0.05) is 24.3 Å². The van der Waals surface area contributed by atoms with E-state index < -0.39 is 0 Å². The number of amides is 2. The Kier molecular flexibility index (Phi) is 7.06. The Morgan fingerprint density at radius 1 is 1.21 bits per heavy atom. The number of benzene rings is 1. The molecule has 4 N–H and O–H groups in total. The van der Waals surface area contributed by atoms with Crippen LogP contribution in [-0.4, -0.2) is 29.8 Å². The molecule has 1 fully saturated rings. The van der Waals surface area contributed by atoms with Crippen LogP contribution in [0, 0.1) is 5.92 Å². The normalized spacial score (nSPS) is 16.7. The van der Waals surface area contributed by atoms with Crippen molar-refractivity contribution >= 4 is 11.7 Å². The molecule has 1 aliphatic rings. The van der Waals surface area contributed by atoms with Crippen molar-refractivity contribution in [1.29, 1.82) is 0 Å². The average molecular weight is 333 g/mol. The zero-order valence-corrected chi connectivity index (χ0v) is 15.0. The lowest BCUT2D eigenvalue weighted by molar-refractivity contribution is 0.0989. The summed E-state index contributed by atoms with van der Waals surface area (Å²) in [6, 6.07) is 8.22. The van der Waals surface area contributed by atoms with Crippen molar-refractivity contribution in [2.45, 2.75) is 64.6 Å².